The molecule has 6 nitrogen and oxygen atoms in total. The molecule has 1 saturated heterocycles. The fourth-order valence-electron chi connectivity index (χ4n) is 3.95. The summed E-state index contributed by atoms with van der Waals surface area (Å²) in [5.74, 6) is 1.56. The molecule has 1 fully saturated rings. The zero-order valence-electron chi connectivity index (χ0n) is 16.5. The van der Waals surface area contributed by atoms with Crippen LogP contribution in [0.1, 0.15) is 41.6 Å². The van der Waals surface area contributed by atoms with E-state index in [0.29, 0.717) is 18.1 Å². The molecule has 1 aromatic carbocycles. The molecular weight excluding hydrogens is 398 g/mol. The number of aromatic nitrogens is 1. The van der Waals surface area contributed by atoms with Gasteiger partial charge in [0.25, 0.3) is 5.91 Å². The van der Waals surface area contributed by atoms with Gasteiger partial charge in [0.15, 0.2) is 16.5 Å². The van der Waals surface area contributed by atoms with E-state index < -0.39 is 0 Å². The van der Waals surface area contributed by atoms with Gasteiger partial charge in [-0.2, -0.15) is 0 Å². The van der Waals surface area contributed by atoms with Crippen molar-refractivity contribution in [2.24, 2.45) is 0 Å². The predicted molar refractivity (Wildman–Crippen MR) is 117 cm³/mol. The number of furan rings is 2. The second-order valence-electron chi connectivity index (χ2n) is 7.49. The van der Waals surface area contributed by atoms with Crippen molar-refractivity contribution in [3.8, 4) is 10.8 Å². The van der Waals surface area contributed by atoms with Crippen molar-refractivity contribution in [1.29, 1.82) is 0 Å². The number of carbonyl (C=O) groups is 1. The standard InChI is InChI=1S/C23H23N3O3S/c27-22(24-15-17(18-8-6-14-28-18)26-12-4-1-5-13-26)19-10-11-20(29-19)23-25-16-7-2-3-9-21(16)30-23/h2-3,6-11,14,17H,1,4-5,12-13,15H2,(H,24,27)/t17-/m0/s1. The molecule has 1 atom stereocenters. The van der Waals surface area contributed by atoms with E-state index in [1.54, 1.807) is 29.7 Å². The number of nitrogens with zero attached hydrogens (tertiary/aromatic N) is 2. The van der Waals surface area contributed by atoms with E-state index in [9.17, 15) is 4.79 Å². The molecule has 154 valence electrons. The van der Waals surface area contributed by atoms with E-state index in [1.165, 1.54) is 19.3 Å². The van der Waals surface area contributed by atoms with Crippen LogP contribution < -0.4 is 5.32 Å². The molecule has 7 heteroatoms. The summed E-state index contributed by atoms with van der Waals surface area (Å²) < 4.78 is 12.6. The van der Waals surface area contributed by atoms with Crippen LogP contribution >= 0.6 is 11.3 Å². The van der Waals surface area contributed by atoms with Crippen LogP contribution in [0.15, 0.2) is 63.6 Å². The second kappa shape index (κ2) is 8.45. The van der Waals surface area contributed by atoms with Crippen LogP contribution in [-0.2, 0) is 0 Å². The number of fused-ring (bicyclic) bond motifs is 1. The first-order chi connectivity index (χ1) is 14.8. The van der Waals surface area contributed by atoms with Gasteiger partial charge >= 0.3 is 0 Å². The summed E-state index contributed by atoms with van der Waals surface area (Å²) in [7, 11) is 0. The van der Waals surface area contributed by atoms with Crippen molar-refractivity contribution >= 4 is 27.5 Å². The minimum atomic E-state index is -0.226. The van der Waals surface area contributed by atoms with Crippen LogP contribution in [0.4, 0.5) is 0 Å². The number of carbonyl (C=O) groups excluding carboxylic acids is 1. The van der Waals surface area contributed by atoms with E-state index in [4.69, 9.17) is 8.83 Å². The molecular formula is C23H23N3O3S. The lowest BCUT2D eigenvalue weighted by atomic mass is 10.1. The summed E-state index contributed by atoms with van der Waals surface area (Å²) in [4.78, 5) is 19.7. The summed E-state index contributed by atoms with van der Waals surface area (Å²) in [6.45, 7) is 2.51. The summed E-state index contributed by atoms with van der Waals surface area (Å²) in [6.07, 6.45) is 5.29. The molecule has 30 heavy (non-hydrogen) atoms. The minimum Gasteiger partial charge on any atom is -0.468 e. The highest BCUT2D eigenvalue weighted by Crippen LogP contribution is 2.31. The molecule has 4 aromatic rings. The first kappa shape index (κ1) is 19.1. The molecule has 1 aliphatic rings. The number of hydrogen-bond donors (Lipinski definition) is 1. The van der Waals surface area contributed by atoms with Gasteiger partial charge in [-0.3, -0.25) is 9.69 Å². The number of amides is 1. The van der Waals surface area contributed by atoms with Crippen molar-refractivity contribution in [2.45, 2.75) is 25.3 Å². The Labute approximate surface area is 178 Å². The van der Waals surface area contributed by atoms with E-state index in [-0.39, 0.29) is 11.9 Å². The third kappa shape index (κ3) is 3.91. The molecule has 0 spiro atoms. The Morgan fingerprint density at radius 1 is 1.10 bits per heavy atom. The van der Waals surface area contributed by atoms with Crippen LogP contribution in [0.5, 0.6) is 0 Å². The van der Waals surface area contributed by atoms with Crippen LogP contribution in [-0.4, -0.2) is 35.4 Å². The van der Waals surface area contributed by atoms with Crippen molar-refractivity contribution in [1.82, 2.24) is 15.2 Å². The molecule has 5 rings (SSSR count). The Hall–Kier alpha value is -2.90. The smallest absolute Gasteiger partial charge is 0.287 e. The van der Waals surface area contributed by atoms with Gasteiger partial charge in [0.2, 0.25) is 0 Å². The van der Waals surface area contributed by atoms with Gasteiger partial charge in [0.05, 0.1) is 22.5 Å². The quantitative estimate of drug-likeness (QED) is 0.469. The Bertz CT molecular complexity index is 1090. The summed E-state index contributed by atoms with van der Waals surface area (Å²) in [5.41, 5.74) is 0.933. The maximum absolute atomic E-state index is 12.7. The number of hydrogen-bond acceptors (Lipinski definition) is 6. The van der Waals surface area contributed by atoms with Crippen LogP contribution in [0.25, 0.3) is 21.0 Å². The average Bonchev–Trinajstić information content (AvgIpc) is 3.54. The molecule has 1 amide bonds. The van der Waals surface area contributed by atoms with Crippen molar-refractivity contribution in [2.75, 3.05) is 19.6 Å². The molecule has 0 unspecified atom stereocenters. The number of nitrogens with one attached hydrogen (secondary N) is 1. The van der Waals surface area contributed by atoms with Crippen molar-refractivity contribution in [3.05, 3.63) is 66.3 Å². The lowest BCUT2D eigenvalue weighted by Gasteiger charge is -2.33. The summed E-state index contributed by atoms with van der Waals surface area (Å²) >= 11 is 1.56. The number of benzene rings is 1. The Balaban J connectivity index is 1.29. The number of para-hydroxylation sites is 1. The number of piperidine rings is 1. The number of likely N-dealkylation sites (tertiary alicyclic amines) is 1. The van der Waals surface area contributed by atoms with Gasteiger partial charge in [-0.15, -0.1) is 11.3 Å². The highest BCUT2D eigenvalue weighted by atomic mass is 32.1. The van der Waals surface area contributed by atoms with Crippen molar-refractivity contribution < 1.29 is 13.6 Å². The van der Waals surface area contributed by atoms with Gasteiger partial charge in [-0.1, -0.05) is 18.6 Å². The fourth-order valence-corrected chi connectivity index (χ4v) is 4.88. The normalized spacial score (nSPS) is 16.0. The van der Waals surface area contributed by atoms with Crippen molar-refractivity contribution in [3.63, 3.8) is 0 Å². The Morgan fingerprint density at radius 2 is 1.97 bits per heavy atom. The molecule has 0 aliphatic carbocycles. The highest BCUT2D eigenvalue weighted by Gasteiger charge is 2.25. The van der Waals surface area contributed by atoms with Crippen LogP contribution in [0.2, 0.25) is 0 Å². The van der Waals surface area contributed by atoms with Gasteiger partial charge in [0.1, 0.15) is 5.76 Å². The van der Waals surface area contributed by atoms with Gasteiger partial charge in [-0.25, -0.2) is 4.98 Å². The lowest BCUT2D eigenvalue weighted by Crippen LogP contribution is -2.40. The van der Waals surface area contributed by atoms with Gasteiger partial charge in [-0.05, 0) is 62.3 Å². The third-order valence-corrected chi connectivity index (χ3v) is 6.54. The lowest BCUT2D eigenvalue weighted by molar-refractivity contribution is 0.0888. The predicted octanol–water partition coefficient (Wildman–Crippen LogP) is 5.11. The average molecular weight is 422 g/mol. The fraction of sp³-hybridized carbons (Fsp3) is 0.304. The monoisotopic (exact) mass is 421 g/mol. The second-order valence-corrected chi connectivity index (χ2v) is 8.52. The molecule has 4 heterocycles. The maximum Gasteiger partial charge on any atom is 0.287 e. The van der Waals surface area contributed by atoms with Crippen LogP contribution in [0, 0.1) is 0 Å². The van der Waals surface area contributed by atoms with E-state index in [0.717, 1.165) is 34.1 Å². The maximum atomic E-state index is 12.7. The Kier molecular flexibility index (Phi) is 5.38. The highest BCUT2D eigenvalue weighted by molar-refractivity contribution is 7.21. The zero-order valence-corrected chi connectivity index (χ0v) is 17.4. The van der Waals surface area contributed by atoms with Crippen LogP contribution in [0.3, 0.4) is 0 Å². The number of rotatable bonds is 6. The molecule has 3 aromatic heterocycles. The molecule has 0 saturated carbocycles. The van der Waals surface area contributed by atoms with E-state index >= 15 is 0 Å². The SMILES string of the molecule is O=C(NC[C@@H](c1ccco1)N1CCCCC1)c1ccc(-c2nc3ccccc3s2)o1. The first-order valence-electron chi connectivity index (χ1n) is 10.3. The molecule has 1 aliphatic heterocycles. The van der Waals surface area contributed by atoms with E-state index in [2.05, 4.69) is 15.2 Å². The van der Waals surface area contributed by atoms with Gasteiger partial charge < -0.3 is 14.2 Å². The largest absolute Gasteiger partial charge is 0.468 e. The first-order valence-corrected chi connectivity index (χ1v) is 11.1. The molecule has 1 N–H and O–H groups in total. The molecule has 0 radical (unpaired) electrons. The topological polar surface area (TPSA) is 71.5 Å². The minimum absolute atomic E-state index is 0.0305. The molecule has 0 bridgehead atoms. The summed E-state index contributed by atoms with van der Waals surface area (Å²) in [6, 6.07) is 15.4. The van der Waals surface area contributed by atoms with Gasteiger partial charge in [0, 0.05) is 6.54 Å². The Morgan fingerprint density at radius 3 is 2.77 bits per heavy atom. The zero-order chi connectivity index (χ0) is 20.3. The third-order valence-electron chi connectivity index (χ3n) is 5.49. The number of thiazole rings is 1. The van der Waals surface area contributed by atoms with E-state index in [1.807, 2.05) is 36.4 Å². The summed E-state index contributed by atoms with van der Waals surface area (Å²) in [5, 5.41) is 3.80.